The molecule has 0 spiro atoms. The van der Waals surface area contributed by atoms with E-state index >= 15 is 0 Å². The zero-order chi connectivity index (χ0) is 19.5. The summed E-state index contributed by atoms with van der Waals surface area (Å²) >= 11 is 0. The first-order valence-corrected chi connectivity index (χ1v) is 7.67. The quantitative estimate of drug-likeness (QED) is 0.332. The average molecular weight is 383 g/mol. The number of alkyl halides is 6. The number of aromatic nitrogens is 2. The maximum Gasteiger partial charge on any atom is 0.518 e. The van der Waals surface area contributed by atoms with Crippen LogP contribution in [0.3, 0.4) is 0 Å². The van der Waals surface area contributed by atoms with Gasteiger partial charge < -0.3 is 5.11 Å². The second-order valence-electron chi connectivity index (χ2n) is 4.48. The van der Waals surface area contributed by atoms with Crippen molar-refractivity contribution in [2.24, 2.45) is 11.4 Å². The van der Waals surface area contributed by atoms with E-state index in [1.807, 2.05) is 0 Å². The monoisotopic (exact) mass is 383 g/mol. The van der Waals surface area contributed by atoms with E-state index in [1.54, 1.807) is 0 Å². The number of rotatable bonds is 2. The molecule has 0 aliphatic carbocycles. The molecule has 0 atom stereocenters. The molecule has 0 bridgehead atoms. The van der Waals surface area contributed by atoms with Crippen LogP contribution in [0.2, 0.25) is 0 Å². The van der Waals surface area contributed by atoms with Crippen LogP contribution in [-0.2, 0) is 23.6 Å². The van der Waals surface area contributed by atoms with Gasteiger partial charge in [-0.15, -0.1) is 4.68 Å². The Bertz CT molecular complexity index is 704. The highest BCUT2D eigenvalue weighted by molar-refractivity contribution is 7.91. The Morgan fingerprint density at radius 3 is 1.92 bits per heavy atom. The molecule has 0 fully saturated rings. The van der Waals surface area contributed by atoms with E-state index in [2.05, 4.69) is 43.2 Å². The van der Waals surface area contributed by atoms with Crippen LogP contribution in [-0.4, -0.2) is 30.7 Å². The topological polar surface area (TPSA) is 78.4 Å². The maximum atomic E-state index is 11.4. The minimum Gasteiger partial charge on any atom is -0.855 e. The predicted molar refractivity (Wildman–Crippen MR) is 69.2 cm³/mol. The number of hydrogen-bond acceptors (Lipinski definition) is 3. The Morgan fingerprint density at radius 2 is 1.71 bits per heavy atom. The van der Waals surface area contributed by atoms with Gasteiger partial charge in [0.05, 0.1) is 18.1 Å². The van der Waals surface area contributed by atoms with E-state index in [0.29, 0.717) is 0 Å². The molecule has 0 aliphatic rings. The molecular weight excluding hydrogens is 368 g/mol. The molecule has 13 heteroatoms. The highest BCUT2D eigenvalue weighted by atomic mass is 32.2. The molecule has 24 heavy (non-hydrogen) atoms. The molecule has 0 unspecified atom stereocenters. The van der Waals surface area contributed by atoms with Crippen molar-refractivity contribution in [1.82, 2.24) is 4.68 Å². The smallest absolute Gasteiger partial charge is 0.518 e. The largest absolute Gasteiger partial charge is 0.855 e. The lowest BCUT2D eigenvalue weighted by atomic mass is 10.4. The summed E-state index contributed by atoms with van der Waals surface area (Å²) in [6, 6.07) is 2.20. The van der Waals surface area contributed by atoms with Gasteiger partial charge in [-0.3, -0.25) is 0 Å². The van der Waals surface area contributed by atoms with E-state index in [-0.39, 0.29) is 0 Å². The molecule has 6 nitrogen and oxygen atoms in total. The third-order valence-electron chi connectivity index (χ3n) is 2.74. The molecule has 1 heterocycles. The molecule has 140 valence electrons. The summed E-state index contributed by atoms with van der Waals surface area (Å²) in [5.41, 5.74) is -3.37. The summed E-state index contributed by atoms with van der Waals surface area (Å²) in [6.07, 6.45) is -5.75. The van der Waals surface area contributed by atoms with Crippen LogP contribution >= 0.6 is 0 Å². The van der Waals surface area contributed by atoms with Crippen molar-refractivity contribution in [3.8, 4) is 0 Å². The fourth-order valence-corrected chi connectivity index (χ4v) is 2.00. The first kappa shape index (κ1) is 22.2. The summed E-state index contributed by atoms with van der Waals surface area (Å²) in [4.78, 5) is 0. The Hall–Kier alpha value is -1.79. The molecule has 0 aliphatic heterocycles. The fraction of sp³-hybridized carbons (Fsp3) is 0.636. The van der Waals surface area contributed by atoms with E-state index in [9.17, 15) is 39.9 Å². The lowest BCUT2D eigenvalue weighted by Gasteiger charge is -2.14. The first-order chi connectivity index (χ1) is 10.5. The number of halogens is 6. The van der Waals surface area contributed by atoms with Gasteiger partial charge in [0.1, 0.15) is 0 Å². The summed E-state index contributed by atoms with van der Waals surface area (Å²) in [7, 11) is -4.34. The molecule has 1 aromatic rings. The molecule has 0 saturated heterocycles. The van der Waals surface area contributed by atoms with Gasteiger partial charge in [-0.05, 0) is 13.8 Å². The van der Waals surface area contributed by atoms with Gasteiger partial charge in [-0.25, -0.2) is 0 Å². The van der Waals surface area contributed by atoms with Crippen molar-refractivity contribution in [1.29, 1.82) is 0 Å². The Balaban J connectivity index is 0.000000463. The molecule has 0 N–H and O–H groups in total. The molecule has 0 radical (unpaired) electrons. The highest BCUT2D eigenvalue weighted by Gasteiger charge is 2.47. The lowest BCUT2D eigenvalue weighted by molar-refractivity contribution is -0.758. The van der Waals surface area contributed by atoms with E-state index in [0.717, 1.165) is 10.9 Å². The second-order valence-corrected chi connectivity index (χ2v) is 6.08. The van der Waals surface area contributed by atoms with Crippen molar-refractivity contribution in [3.63, 3.8) is 0 Å². The van der Waals surface area contributed by atoms with E-state index in [1.165, 1.54) is 11.4 Å². The summed E-state index contributed by atoms with van der Waals surface area (Å²) in [5, 5.41) is 9.76. The van der Waals surface area contributed by atoms with Gasteiger partial charge in [0, 0.05) is 13.0 Å². The van der Waals surface area contributed by atoms with Crippen molar-refractivity contribution < 1.29 is 44.5 Å². The van der Waals surface area contributed by atoms with Gasteiger partial charge in [0.15, 0.2) is 7.05 Å². The summed E-state index contributed by atoms with van der Waals surface area (Å²) < 4.78 is 93.3. The predicted octanol–water partition coefficient (Wildman–Crippen LogP) is 1.11. The van der Waals surface area contributed by atoms with Gasteiger partial charge in [-0.1, -0.05) is 0 Å². The summed E-state index contributed by atoms with van der Waals surface area (Å²) in [6.45, 7) is 7.47. The maximum absolute atomic E-state index is 11.4. The Kier molecular flexibility index (Phi) is 6.85. The number of nitrogens with zero attached hydrogens (tertiary/aromatic N) is 3. The van der Waals surface area contributed by atoms with Crippen LogP contribution in [0, 0.1) is 13.8 Å². The average Bonchev–Trinajstić information content (AvgIpc) is 2.60. The van der Waals surface area contributed by atoms with Crippen LogP contribution in [0.5, 0.6) is 0 Å². The molecule has 0 aromatic carbocycles. The van der Waals surface area contributed by atoms with E-state index in [4.69, 9.17) is 0 Å². The lowest BCUT2D eigenvalue weighted by Crippen LogP contribution is -2.41. The van der Waals surface area contributed by atoms with Crippen LogP contribution in [0.25, 0.3) is 0 Å². The minimum atomic E-state index is -6.42. The summed E-state index contributed by atoms with van der Waals surface area (Å²) in [5.74, 6) is -3.32. The Labute approximate surface area is 134 Å². The molecule has 0 amide bonds. The number of hydrogen-bond donors (Lipinski definition) is 0. The first-order valence-electron chi connectivity index (χ1n) is 6.23. The van der Waals surface area contributed by atoms with E-state index < -0.39 is 27.6 Å². The zero-order valence-electron chi connectivity index (χ0n) is 13.0. The third kappa shape index (κ3) is 5.69. The number of aryl methyl sites for hydroxylation is 2. The van der Waals surface area contributed by atoms with Crippen molar-refractivity contribution >= 4 is 15.9 Å². The fourth-order valence-electron chi connectivity index (χ4n) is 1.57. The number of sulfonamides is 1. The standard InChI is InChI=1S/C8H15N2.C3HF6NO3S/c1-5-10-8(3)6-7(2)9(10)4;4-2(5,6)1(11)10-14(12,13)3(7,8)9/h6H,5H2,1-4H3;(H,10,11)/q+1;/p-1. The Morgan fingerprint density at radius 1 is 1.25 bits per heavy atom. The van der Waals surface area contributed by atoms with Gasteiger partial charge in [0.25, 0.3) is 0 Å². The zero-order valence-corrected chi connectivity index (χ0v) is 13.8. The van der Waals surface area contributed by atoms with Gasteiger partial charge in [0.2, 0.25) is 5.69 Å². The normalized spacial score (nSPS) is 13.5. The van der Waals surface area contributed by atoms with Crippen LogP contribution in [0.1, 0.15) is 18.3 Å². The van der Waals surface area contributed by atoms with Crippen molar-refractivity contribution in [3.05, 3.63) is 17.5 Å². The van der Waals surface area contributed by atoms with Crippen LogP contribution in [0.4, 0.5) is 26.3 Å². The van der Waals surface area contributed by atoms with Crippen LogP contribution < -0.4 is 9.79 Å². The highest BCUT2D eigenvalue weighted by Crippen LogP contribution is 2.26. The molecule has 0 saturated carbocycles. The van der Waals surface area contributed by atoms with Crippen LogP contribution in [0.15, 0.2) is 10.5 Å². The third-order valence-corrected chi connectivity index (χ3v) is 3.73. The molecular formula is C11H15F6N3O3S. The second kappa shape index (κ2) is 7.40. The van der Waals surface area contributed by atoms with Gasteiger partial charge in [-0.2, -0.15) is 43.8 Å². The SMILES string of the molecule is CCn1c(C)cc(C)[n+]1C.O=S(=O)(/N=C(\[O-])C(F)(F)F)C(F)(F)F. The van der Waals surface area contributed by atoms with Crippen molar-refractivity contribution in [2.75, 3.05) is 0 Å². The van der Waals surface area contributed by atoms with Gasteiger partial charge >= 0.3 is 21.7 Å². The molecule has 1 aromatic heterocycles. The molecule has 1 rings (SSSR count). The minimum absolute atomic E-state index is 1.03. The van der Waals surface area contributed by atoms with Crippen molar-refractivity contribution in [2.45, 2.75) is 39.0 Å².